The van der Waals surface area contributed by atoms with Gasteiger partial charge in [-0.15, -0.1) is 6.58 Å². The van der Waals surface area contributed by atoms with Crippen molar-refractivity contribution < 1.29 is 23.9 Å². The Hall–Kier alpha value is -5.16. The van der Waals surface area contributed by atoms with E-state index in [1.165, 1.54) is 6.08 Å². The molecule has 4 rings (SSSR count). The van der Waals surface area contributed by atoms with Gasteiger partial charge in [0.15, 0.2) is 11.5 Å². The summed E-state index contributed by atoms with van der Waals surface area (Å²) in [6.45, 7) is 7.92. The van der Waals surface area contributed by atoms with Crippen LogP contribution < -0.4 is 19.7 Å². The quantitative estimate of drug-likeness (QED) is 0.234. The van der Waals surface area contributed by atoms with Crippen LogP contribution in [-0.4, -0.2) is 24.5 Å². The van der Waals surface area contributed by atoms with Gasteiger partial charge in [0.1, 0.15) is 12.2 Å². The molecular formula is C31H27N3O5. The van der Waals surface area contributed by atoms with Crippen LogP contribution in [0.1, 0.15) is 34.7 Å². The number of allylic oxidation sites excluding steroid dienone is 1. The molecule has 0 radical (unpaired) electrons. The second-order valence-electron chi connectivity index (χ2n) is 8.74. The Balaban J connectivity index is 1.74. The van der Waals surface area contributed by atoms with Gasteiger partial charge in [-0.1, -0.05) is 42.5 Å². The van der Waals surface area contributed by atoms with Gasteiger partial charge < -0.3 is 9.47 Å². The third-order valence-corrected chi connectivity index (χ3v) is 6.10. The summed E-state index contributed by atoms with van der Waals surface area (Å²) in [6, 6.07) is 18.9. The van der Waals surface area contributed by atoms with Gasteiger partial charge in [-0.05, 0) is 61.7 Å². The van der Waals surface area contributed by atoms with Crippen LogP contribution in [0.2, 0.25) is 0 Å². The first kappa shape index (κ1) is 26.9. The number of anilines is 1. The number of barbiturate groups is 1. The maximum absolute atomic E-state index is 13.4. The van der Waals surface area contributed by atoms with E-state index in [0.717, 1.165) is 10.5 Å². The van der Waals surface area contributed by atoms with E-state index >= 15 is 0 Å². The van der Waals surface area contributed by atoms with Crippen molar-refractivity contribution in [1.29, 1.82) is 5.26 Å². The van der Waals surface area contributed by atoms with Gasteiger partial charge in [0, 0.05) is 11.1 Å². The molecule has 0 aromatic heterocycles. The summed E-state index contributed by atoms with van der Waals surface area (Å²) in [5.41, 5.74) is 3.37. The van der Waals surface area contributed by atoms with E-state index in [4.69, 9.17) is 9.47 Å². The Bertz CT molecular complexity index is 1530. The van der Waals surface area contributed by atoms with E-state index in [-0.39, 0.29) is 12.2 Å². The molecule has 196 valence electrons. The van der Waals surface area contributed by atoms with Crippen LogP contribution in [-0.2, 0) is 22.6 Å². The SMILES string of the molecule is C=CCc1cc(/C=C2\C(=O)NC(=O)N(c3ccccc3C)C2=O)cc(OCC)c1OCc1ccccc1C#N. The van der Waals surface area contributed by atoms with Crippen molar-refractivity contribution in [3.05, 3.63) is 107 Å². The van der Waals surface area contributed by atoms with E-state index in [0.29, 0.717) is 52.5 Å². The topological polar surface area (TPSA) is 109 Å². The second-order valence-corrected chi connectivity index (χ2v) is 8.74. The number of urea groups is 1. The molecule has 1 saturated heterocycles. The van der Waals surface area contributed by atoms with Crippen LogP contribution in [0.3, 0.4) is 0 Å². The lowest BCUT2D eigenvalue weighted by atomic mass is 10.0. The number of benzene rings is 3. The fourth-order valence-electron chi connectivity index (χ4n) is 4.26. The molecule has 8 heteroatoms. The number of carbonyl (C=O) groups is 3. The Labute approximate surface area is 226 Å². The van der Waals surface area contributed by atoms with Gasteiger partial charge in [0.05, 0.1) is 23.9 Å². The lowest BCUT2D eigenvalue weighted by molar-refractivity contribution is -0.122. The molecule has 39 heavy (non-hydrogen) atoms. The Morgan fingerprint density at radius 1 is 1.03 bits per heavy atom. The molecule has 0 atom stereocenters. The van der Waals surface area contributed by atoms with Gasteiger partial charge in [-0.2, -0.15) is 5.26 Å². The third kappa shape index (κ3) is 5.73. The van der Waals surface area contributed by atoms with Crippen molar-refractivity contribution in [2.45, 2.75) is 26.9 Å². The molecule has 0 unspecified atom stereocenters. The molecule has 1 N–H and O–H groups in total. The molecule has 1 aliphatic heterocycles. The highest BCUT2D eigenvalue weighted by Crippen LogP contribution is 2.36. The van der Waals surface area contributed by atoms with Gasteiger partial charge in [0.25, 0.3) is 11.8 Å². The average Bonchev–Trinajstić information content (AvgIpc) is 2.92. The number of nitriles is 1. The number of nitrogens with zero attached hydrogens (tertiary/aromatic N) is 2. The van der Waals surface area contributed by atoms with E-state index in [9.17, 15) is 19.6 Å². The van der Waals surface area contributed by atoms with Crippen molar-refractivity contribution >= 4 is 29.6 Å². The van der Waals surface area contributed by atoms with E-state index in [1.807, 2.05) is 19.1 Å². The minimum absolute atomic E-state index is 0.142. The van der Waals surface area contributed by atoms with E-state index < -0.39 is 17.8 Å². The maximum Gasteiger partial charge on any atom is 0.335 e. The van der Waals surface area contributed by atoms with Crippen LogP contribution in [0, 0.1) is 18.3 Å². The number of ether oxygens (including phenoxy) is 2. The van der Waals surface area contributed by atoms with Gasteiger partial charge in [-0.3, -0.25) is 14.9 Å². The number of carbonyl (C=O) groups excluding carboxylic acids is 3. The Morgan fingerprint density at radius 3 is 2.49 bits per heavy atom. The van der Waals surface area contributed by atoms with Crippen molar-refractivity contribution in [2.75, 3.05) is 11.5 Å². The predicted octanol–water partition coefficient (Wildman–Crippen LogP) is 5.24. The van der Waals surface area contributed by atoms with Gasteiger partial charge >= 0.3 is 6.03 Å². The van der Waals surface area contributed by atoms with Crippen LogP contribution in [0.5, 0.6) is 11.5 Å². The molecule has 1 heterocycles. The lowest BCUT2D eigenvalue weighted by Crippen LogP contribution is -2.54. The molecule has 3 aromatic rings. The zero-order valence-corrected chi connectivity index (χ0v) is 21.7. The molecule has 0 saturated carbocycles. The Morgan fingerprint density at radius 2 is 1.77 bits per heavy atom. The summed E-state index contributed by atoms with van der Waals surface area (Å²) in [4.78, 5) is 39.7. The first-order valence-corrected chi connectivity index (χ1v) is 12.4. The fraction of sp³-hybridized carbons (Fsp3) is 0.161. The largest absolute Gasteiger partial charge is 0.490 e. The van der Waals surface area contributed by atoms with Crippen LogP contribution >= 0.6 is 0 Å². The molecule has 1 fully saturated rings. The molecule has 0 spiro atoms. The van der Waals surface area contributed by atoms with E-state index in [1.54, 1.807) is 61.5 Å². The van der Waals surface area contributed by atoms with Crippen LogP contribution in [0.25, 0.3) is 6.08 Å². The standard InChI is InChI=1S/C31H27N3O5/c1-4-10-22-15-21(17-27(38-5-2)28(22)39-19-24-13-8-7-12-23(24)18-32)16-25-29(35)33-31(37)34(30(25)36)26-14-9-6-11-20(26)3/h4,6-9,11-17H,1,5,10,19H2,2-3H3,(H,33,35,37)/b25-16+. The normalized spacial score (nSPS) is 14.1. The van der Waals surface area contributed by atoms with Crippen molar-refractivity contribution in [1.82, 2.24) is 5.32 Å². The third-order valence-electron chi connectivity index (χ3n) is 6.10. The van der Waals surface area contributed by atoms with Gasteiger partial charge in [-0.25, -0.2) is 9.69 Å². The highest BCUT2D eigenvalue weighted by molar-refractivity contribution is 6.39. The van der Waals surface area contributed by atoms with E-state index in [2.05, 4.69) is 18.0 Å². The lowest BCUT2D eigenvalue weighted by Gasteiger charge is -2.27. The second kappa shape index (κ2) is 11.9. The number of para-hydroxylation sites is 1. The first-order chi connectivity index (χ1) is 18.9. The number of aryl methyl sites for hydroxylation is 1. The maximum atomic E-state index is 13.4. The summed E-state index contributed by atoms with van der Waals surface area (Å²) in [6.07, 6.45) is 3.55. The highest BCUT2D eigenvalue weighted by atomic mass is 16.5. The number of hydrogen-bond donors (Lipinski definition) is 1. The van der Waals surface area contributed by atoms with Gasteiger partial charge in [0.2, 0.25) is 0 Å². The van der Waals surface area contributed by atoms with Crippen LogP contribution in [0.15, 0.2) is 78.9 Å². The number of rotatable bonds is 9. The molecule has 0 bridgehead atoms. The minimum atomic E-state index is -0.805. The summed E-state index contributed by atoms with van der Waals surface area (Å²) < 4.78 is 12.0. The molecule has 0 aliphatic carbocycles. The average molecular weight is 522 g/mol. The zero-order chi connectivity index (χ0) is 27.9. The fourth-order valence-corrected chi connectivity index (χ4v) is 4.26. The monoisotopic (exact) mass is 521 g/mol. The molecule has 3 aromatic carbocycles. The summed E-state index contributed by atoms with van der Waals surface area (Å²) in [7, 11) is 0. The first-order valence-electron chi connectivity index (χ1n) is 12.4. The number of nitrogens with one attached hydrogen (secondary N) is 1. The zero-order valence-electron chi connectivity index (χ0n) is 21.7. The summed E-state index contributed by atoms with van der Waals surface area (Å²) in [5, 5.41) is 11.7. The highest BCUT2D eigenvalue weighted by Gasteiger charge is 2.37. The summed E-state index contributed by atoms with van der Waals surface area (Å²) in [5.74, 6) is -0.627. The number of amides is 4. The van der Waals surface area contributed by atoms with Crippen molar-refractivity contribution in [3.8, 4) is 17.6 Å². The van der Waals surface area contributed by atoms with Crippen molar-refractivity contribution in [2.24, 2.45) is 0 Å². The predicted molar refractivity (Wildman–Crippen MR) is 147 cm³/mol. The van der Waals surface area contributed by atoms with Crippen LogP contribution in [0.4, 0.5) is 10.5 Å². The molecule has 1 aliphatic rings. The minimum Gasteiger partial charge on any atom is -0.490 e. The summed E-state index contributed by atoms with van der Waals surface area (Å²) >= 11 is 0. The number of hydrogen-bond acceptors (Lipinski definition) is 6. The molecule has 8 nitrogen and oxygen atoms in total. The van der Waals surface area contributed by atoms with Crippen molar-refractivity contribution in [3.63, 3.8) is 0 Å². The molecular weight excluding hydrogens is 494 g/mol. The Kier molecular flexibility index (Phi) is 8.22. The smallest absolute Gasteiger partial charge is 0.335 e. The number of imide groups is 2. The molecule has 4 amide bonds.